The van der Waals surface area contributed by atoms with Crippen LogP contribution in [0, 0.1) is 0 Å². The fourth-order valence-electron chi connectivity index (χ4n) is 3.07. The molecule has 0 saturated carbocycles. The summed E-state index contributed by atoms with van der Waals surface area (Å²) in [7, 11) is 12.1. The van der Waals surface area contributed by atoms with E-state index in [-0.39, 0.29) is 0 Å². The first-order valence-corrected chi connectivity index (χ1v) is 10.2. The molecule has 19 heavy (non-hydrogen) atoms. The Bertz CT molecular complexity index is 218. The van der Waals surface area contributed by atoms with Crippen molar-refractivity contribution in [3.05, 3.63) is 12.7 Å². The molecular formula is C8H28B10Si. The Balaban J connectivity index is 4.02. The molecule has 0 saturated heterocycles. The summed E-state index contributed by atoms with van der Waals surface area (Å²) < 4.78 is 0. The number of hydrogen-bond acceptors (Lipinski definition) is 0. The molecule has 0 fully saturated rings. The van der Waals surface area contributed by atoms with Crippen molar-refractivity contribution in [1.29, 1.82) is 0 Å². The monoisotopic (exact) mass is 262 g/mol. The van der Waals surface area contributed by atoms with Crippen LogP contribution in [0.15, 0.2) is 12.7 Å². The third-order valence-corrected chi connectivity index (χ3v) is 5.51. The van der Waals surface area contributed by atoms with Crippen molar-refractivity contribution >= 4 is 79.9 Å². The Morgan fingerprint density at radius 1 is 1.21 bits per heavy atom. The third-order valence-electron chi connectivity index (χ3n) is 4.80. The molecule has 0 aliphatic carbocycles. The van der Waals surface area contributed by atoms with E-state index in [4.69, 9.17) is 0 Å². The predicted molar refractivity (Wildman–Crippen MR) is 120 cm³/mol. The fraction of sp³-hybridized carbons (Fsp3) is 0.750. The summed E-state index contributed by atoms with van der Waals surface area (Å²) in [4.78, 5) is 0. The summed E-state index contributed by atoms with van der Waals surface area (Å²) in [5, 5.41) is 0. The van der Waals surface area contributed by atoms with Gasteiger partial charge in [-0.3, -0.25) is 0 Å². The highest BCUT2D eigenvalue weighted by atomic mass is 28.1. The Morgan fingerprint density at radius 2 is 1.89 bits per heavy atom. The molecule has 0 bridgehead atoms. The quantitative estimate of drug-likeness (QED) is 0.183. The van der Waals surface area contributed by atoms with Gasteiger partial charge in [0.1, 0.15) is 0 Å². The standard InChI is InChI=1S/C8H28B10Si/c1-4-6-18(15-14-13-12-11-10-9)17(3)16(2)7-5-8-19/h4,10-15H,1,5-9H2,2-3,19H3. The average molecular weight is 261 g/mol. The Kier molecular flexibility index (Phi) is 14.0. The topological polar surface area (TPSA) is 0 Å². The molecule has 0 spiro atoms. The van der Waals surface area contributed by atoms with E-state index in [0.717, 1.165) is 19.6 Å². The maximum absolute atomic E-state index is 3.97. The van der Waals surface area contributed by atoms with Gasteiger partial charge < -0.3 is 0 Å². The van der Waals surface area contributed by atoms with E-state index < -0.39 is 0 Å². The van der Waals surface area contributed by atoms with Gasteiger partial charge in [-0.25, -0.2) is 0 Å². The van der Waals surface area contributed by atoms with Gasteiger partial charge in [0.25, 0.3) is 0 Å². The fourth-order valence-corrected chi connectivity index (χ4v) is 3.48. The van der Waals surface area contributed by atoms with E-state index in [1.54, 1.807) is 0 Å². The molecule has 0 aromatic heterocycles. The molecule has 0 N–H and O–H groups in total. The number of rotatable bonds is 13. The summed E-state index contributed by atoms with van der Waals surface area (Å²) >= 11 is 0. The van der Waals surface area contributed by atoms with Crippen molar-refractivity contribution in [2.45, 2.75) is 38.8 Å². The number of hydrogen-bond donors (Lipinski definition) is 0. The van der Waals surface area contributed by atoms with Crippen LogP contribution < -0.4 is 0 Å². The van der Waals surface area contributed by atoms with Crippen LogP contribution in [0.3, 0.4) is 0 Å². The SMILES string of the molecule is BBBBBBBB(CC=C)B(C)B(C)CCC[SiH3]. The minimum atomic E-state index is 0.873. The van der Waals surface area contributed by atoms with Crippen LogP contribution in [0.1, 0.15) is 6.42 Å². The van der Waals surface area contributed by atoms with Crippen molar-refractivity contribution in [2.24, 2.45) is 0 Å². The van der Waals surface area contributed by atoms with Gasteiger partial charge in [0.05, 0.1) is 27.3 Å². The molecule has 11 heteroatoms. The molecule has 0 rings (SSSR count). The molecule has 94 valence electrons. The summed E-state index contributed by atoms with van der Waals surface area (Å²) in [6.07, 6.45) is 6.26. The molecule has 0 aromatic carbocycles. The zero-order valence-electron chi connectivity index (χ0n) is 14.1. The van der Waals surface area contributed by atoms with Gasteiger partial charge in [-0.1, -0.05) is 38.8 Å². The molecule has 0 heterocycles. The Hall–Kier alpha value is 0.606. The number of allylic oxidation sites excluding steroid dienone is 1. The van der Waals surface area contributed by atoms with Gasteiger partial charge in [-0.2, -0.15) is 0 Å². The molecule has 0 unspecified atom stereocenters. The summed E-state index contributed by atoms with van der Waals surface area (Å²) in [6.45, 7) is 11.6. The van der Waals surface area contributed by atoms with Crippen LogP contribution in [-0.4, -0.2) is 79.9 Å². The molecule has 0 nitrogen and oxygen atoms in total. The van der Waals surface area contributed by atoms with Crippen LogP contribution in [0.25, 0.3) is 0 Å². The maximum atomic E-state index is 3.97. The summed E-state index contributed by atoms with van der Waals surface area (Å²) in [5.41, 5.74) is 0. The van der Waals surface area contributed by atoms with Gasteiger partial charge in [0, 0.05) is 52.6 Å². The van der Waals surface area contributed by atoms with Crippen molar-refractivity contribution in [3.8, 4) is 0 Å². The molecule has 0 amide bonds. The van der Waals surface area contributed by atoms with Gasteiger partial charge in [0.15, 0.2) is 0 Å². The summed E-state index contributed by atoms with van der Waals surface area (Å²) in [5.74, 6) is 0. The van der Waals surface area contributed by atoms with E-state index in [2.05, 4.69) is 34.0 Å². The Morgan fingerprint density at radius 3 is 2.47 bits per heavy atom. The molecule has 0 aromatic rings. The van der Waals surface area contributed by atoms with E-state index in [9.17, 15) is 0 Å². The van der Waals surface area contributed by atoms with E-state index in [1.807, 2.05) is 0 Å². The molecular weight excluding hydrogens is 232 g/mol. The van der Waals surface area contributed by atoms with Gasteiger partial charge in [0.2, 0.25) is 0 Å². The van der Waals surface area contributed by atoms with Crippen molar-refractivity contribution in [2.75, 3.05) is 0 Å². The zero-order valence-corrected chi connectivity index (χ0v) is 16.1. The van der Waals surface area contributed by atoms with Crippen molar-refractivity contribution in [3.63, 3.8) is 0 Å². The third kappa shape index (κ3) is 10.0. The normalized spacial score (nSPS) is 9.16. The highest BCUT2D eigenvalue weighted by molar-refractivity contribution is 7.75. The van der Waals surface area contributed by atoms with E-state index in [0.29, 0.717) is 0 Å². The lowest BCUT2D eigenvalue weighted by Crippen LogP contribution is -2.51. The molecule has 0 radical (unpaired) electrons. The van der Waals surface area contributed by atoms with Crippen LogP contribution in [0.4, 0.5) is 0 Å². The second kappa shape index (κ2) is 13.6. The van der Waals surface area contributed by atoms with Crippen molar-refractivity contribution < 1.29 is 0 Å². The highest BCUT2D eigenvalue weighted by Crippen LogP contribution is 2.08. The molecule has 0 aliphatic heterocycles. The van der Waals surface area contributed by atoms with E-state index >= 15 is 0 Å². The van der Waals surface area contributed by atoms with Gasteiger partial charge in [-0.05, 0) is 0 Å². The van der Waals surface area contributed by atoms with Gasteiger partial charge >= 0.3 is 0 Å². The average Bonchev–Trinajstić information content (AvgIpc) is 2.42. The zero-order chi connectivity index (χ0) is 14.5. The van der Waals surface area contributed by atoms with Crippen LogP contribution in [0.2, 0.25) is 32.3 Å². The predicted octanol–water partition coefficient (Wildman–Crippen LogP) is -3.51. The first-order chi connectivity index (χ1) is 9.17. The Labute approximate surface area is 131 Å². The summed E-state index contributed by atoms with van der Waals surface area (Å²) in [6, 6.07) is 1.47. The first-order valence-electron chi connectivity index (χ1n) is 8.78. The minimum Gasteiger partial charge on any atom is -0.104 e. The first kappa shape index (κ1) is 19.6. The molecule has 0 aliphatic rings. The van der Waals surface area contributed by atoms with Crippen LogP contribution in [0.5, 0.6) is 0 Å². The second-order valence-electron chi connectivity index (χ2n) is 6.47. The maximum Gasteiger partial charge on any atom is 0.0966 e. The lowest BCUT2D eigenvalue weighted by molar-refractivity contribution is 1.07. The highest BCUT2D eigenvalue weighted by Gasteiger charge is 2.28. The lowest BCUT2D eigenvalue weighted by atomic mass is 8.75. The van der Waals surface area contributed by atoms with Crippen LogP contribution >= 0.6 is 0 Å². The lowest BCUT2D eigenvalue weighted by Gasteiger charge is -2.21. The van der Waals surface area contributed by atoms with E-state index in [1.165, 1.54) is 77.7 Å². The van der Waals surface area contributed by atoms with Crippen molar-refractivity contribution in [1.82, 2.24) is 0 Å². The second-order valence-corrected chi connectivity index (χ2v) is 7.47. The smallest absolute Gasteiger partial charge is 0.0966 e. The largest absolute Gasteiger partial charge is 0.104 e. The minimum absolute atomic E-state index is 0.873. The molecule has 0 atom stereocenters. The van der Waals surface area contributed by atoms with Gasteiger partial charge in [-0.15, -0.1) is 12.7 Å². The van der Waals surface area contributed by atoms with Crippen LogP contribution in [-0.2, 0) is 0 Å².